The zero-order chi connectivity index (χ0) is 15.0. The zero-order valence-electron chi connectivity index (χ0n) is 11.8. The van der Waals surface area contributed by atoms with Gasteiger partial charge >= 0.3 is 0 Å². The quantitative estimate of drug-likeness (QED) is 0.845. The molecule has 2 aliphatic heterocycles. The van der Waals surface area contributed by atoms with Gasteiger partial charge in [0.15, 0.2) is 0 Å². The molecule has 2 aliphatic rings. The third-order valence-electron chi connectivity index (χ3n) is 3.70. The van der Waals surface area contributed by atoms with Crippen LogP contribution in [0.4, 0.5) is 5.69 Å². The number of thioether (sulfide) groups is 1. The number of amides is 2. The van der Waals surface area contributed by atoms with Crippen molar-refractivity contribution in [3.8, 4) is 0 Å². The molecule has 0 saturated carbocycles. The summed E-state index contributed by atoms with van der Waals surface area (Å²) in [7, 11) is 0. The first-order chi connectivity index (χ1) is 10.0. The van der Waals surface area contributed by atoms with Gasteiger partial charge in [0.2, 0.25) is 11.8 Å². The number of halogens is 2. The predicted octanol–water partition coefficient (Wildman–Crippen LogP) is 2.12. The number of likely N-dealkylation sites (tertiary alicyclic amines) is 1. The average Bonchev–Trinajstić information content (AvgIpc) is 2.86. The molecule has 1 aromatic rings. The number of carbonyl (C=O) groups is 2. The van der Waals surface area contributed by atoms with E-state index in [-0.39, 0.29) is 36.7 Å². The standard InChI is InChI=1S/C14H16ClN3O2S.ClH/c15-8-1-2-11-10(5-8)17-14(20)12(21-11)6-13(19)18-4-3-9(16)7-18;/h1-2,5,9,12H,3-4,6-7,16H2,(H,17,20);1H/t9-,12?;/m1./s1. The minimum absolute atomic E-state index is 0. The summed E-state index contributed by atoms with van der Waals surface area (Å²) in [5, 5.41) is 2.99. The van der Waals surface area contributed by atoms with E-state index in [9.17, 15) is 9.59 Å². The highest BCUT2D eigenvalue weighted by Crippen LogP contribution is 2.38. The molecule has 1 unspecified atom stereocenters. The van der Waals surface area contributed by atoms with Crippen LogP contribution >= 0.6 is 35.8 Å². The summed E-state index contributed by atoms with van der Waals surface area (Å²) in [5.74, 6) is -0.153. The maximum Gasteiger partial charge on any atom is 0.238 e. The number of hydrogen-bond acceptors (Lipinski definition) is 4. The van der Waals surface area contributed by atoms with Crippen LogP contribution in [0.25, 0.3) is 0 Å². The Labute approximate surface area is 144 Å². The van der Waals surface area contributed by atoms with Gasteiger partial charge in [0.05, 0.1) is 10.9 Å². The minimum Gasteiger partial charge on any atom is -0.341 e. The van der Waals surface area contributed by atoms with E-state index >= 15 is 0 Å². The van der Waals surface area contributed by atoms with Crippen LogP contribution in [0.2, 0.25) is 5.02 Å². The Balaban J connectivity index is 0.00000176. The number of rotatable bonds is 2. The van der Waals surface area contributed by atoms with Gasteiger partial charge in [-0.25, -0.2) is 0 Å². The Morgan fingerprint density at radius 2 is 2.27 bits per heavy atom. The SMILES string of the molecule is Cl.N[C@@H]1CCN(C(=O)CC2Sc3ccc(Cl)cc3NC2=O)C1. The van der Waals surface area contributed by atoms with Gasteiger partial charge in [-0.15, -0.1) is 24.2 Å². The van der Waals surface area contributed by atoms with Crippen LogP contribution in [0.5, 0.6) is 0 Å². The van der Waals surface area contributed by atoms with E-state index in [0.717, 1.165) is 11.3 Å². The first kappa shape index (κ1) is 17.4. The van der Waals surface area contributed by atoms with Gasteiger partial charge in [0, 0.05) is 35.5 Å². The highest BCUT2D eigenvalue weighted by atomic mass is 35.5. The molecular weight excluding hydrogens is 345 g/mol. The van der Waals surface area contributed by atoms with Crippen molar-refractivity contribution >= 4 is 53.3 Å². The minimum atomic E-state index is -0.400. The number of anilines is 1. The number of benzene rings is 1. The Morgan fingerprint density at radius 1 is 1.50 bits per heavy atom. The molecule has 2 atom stereocenters. The average molecular weight is 362 g/mol. The van der Waals surface area contributed by atoms with E-state index in [0.29, 0.717) is 23.8 Å². The molecule has 120 valence electrons. The molecule has 3 rings (SSSR count). The van der Waals surface area contributed by atoms with E-state index in [1.54, 1.807) is 17.0 Å². The lowest BCUT2D eigenvalue weighted by Gasteiger charge is -2.25. The number of nitrogens with one attached hydrogen (secondary N) is 1. The second-order valence-electron chi connectivity index (χ2n) is 5.33. The molecule has 0 aliphatic carbocycles. The molecule has 8 heteroatoms. The zero-order valence-corrected chi connectivity index (χ0v) is 14.1. The first-order valence-electron chi connectivity index (χ1n) is 6.83. The van der Waals surface area contributed by atoms with Gasteiger partial charge in [-0.1, -0.05) is 11.6 Å². The fourth-order valence-corrected chi connectivity index (χ4v) is 3.81. The molecule has 1 saturated heterocycles. The van der Waals surface area contributed by atoms with Crippen LogP contribution in [-0.4, -0.2) is 41.1 Å². The molecule has 3 N–H and O–H groups in total. The molecular formula is C14H17Cl2N3O2S. The predicted molar refractivity (Wildman–Crippen MR) is 90.8 cm³/mol. The maximum atomic E-state index is 12.2. The van der Waals surface area contributed by atoms with E-state index in [2.05, 4.69) is 5.32 Å². The van der Waals surface area contributed by atoms with Crippen LogP contribution in [0.3, 0.4) is 0 Å². The summed E-state index contributed by atoms with van der Waals surface area (Å²) >= 11 is 7.32. The summed E-state index contributed by atoms with van der Waals surface area (Å²) in [5.41, 5.74) is 6.52. The third-order valence-corrected chi connectivity index (χ3v) is 5.21. The molecule has 1 aromatic carbocycles. The van der Waals surface area contributed by atoms with Gasteiger partial charge in [-0.3, -0.25) is 9.59 Å². The largest absolute Gasteiger partial charge is 0.341 e. The second kappa shape index (κ2) is 7.08. The molecule has 5 nitrogen and oxygen atoms in total. The Kier molecular flexibility index (Phi) is 5.60. The number of nitrogens with zero attached hydrogens (tertiary/aromatic N) is 1. The Bertz CT molecular complexity index is 599. The Hall–Kier alpha value is -0.950. The lowest BCUT2D eigenvalue weighted by Crippen LogP contribution is -2.37. The molecule has 0 aromatic heterocycles. The number of fused-ring (bicyclic) bond motifs is 1. The summed E-state index contributed by atoms with van der Waals surface area (Å²) in [6.07, 6.45) is 1.03. The van der Waals surface area contributed by atoms with Crippen molar-refractivity contribution in [1.82, 2.24) is 4.90 Å². The highest BCUT2D eigenvalue weighted by molar-refractivity contribution is 8.01. The van der Waals surface area contributed by atoms with Crippen molar-refractivity contribution in [3.63, 3.8) is 0 Å². The van der Waals surface area contributed by atoms with Gasteiger partial charge in [-0.2, -0.15) is 0 Å². The normalized spacial score (nSPS) is 23.5. The Morgan fingerprint density at radius 3 is 2.95 bits per heavy atom. The van der Waals surface area contributed by atoms with Crippen molar-refractivity contribution in [2.75, 3.05) is 18.4 Å². The maximum absolute atomic E-state index is 12.2. The monoisotopic (exact) mass is 361 g/mol. The number of hydrogen-bond donors (Lipinski definition) is 2. The van der Waals surface area contributed by atoms with E-state index in [4.69, 9.17) is 17.3 Å². The van der Waals surface area contributed by atoms with Crippen molar-refractivity contribution < 1.29 is 9.59 Å². The molecule has 0 spiro atoms. The fourth-order valence-electron chi connectivity index (χ4n) is 2.56. The van der Waals surface area contributed by atoms with Crippen molar-refractivity contribution in [2.45, 2.75) is 29.0 Å². The molecule has 2 amide bonds. The molecule has 22 heavy (non-hydrogen) atoms. The third kappa shape index (κ3) is 3.68. The summed E-state index contributed by atoms with van der Waals surface area (Å²) in [6.45, 7) is 1.27. The highest BCUT2D eigenvalue weighted by Gasteiger charge is 2.32. The molecule has 0 radical (unpaired) electrons. The van der Waals surface area contributed by atoms with E-state index in [1.807, 2.05) is 6.07 Å². The number of carbonyl (C=O) groups excluding carboxylic acids is 2. The van der Waals surface area contributed by atoms with Gasteiger partial charge in [0.1, 0.15) is 0 Å². The van der Waals surface area contributed by atoms with Crippen molar-refractivity contribution in [3.05, 3.63) is 23.2 Å². The van der Waals surface area contributed by atoms with Gasteiger partial charge in [0.25, 0.3) is 0 Å². The summed E-state index contributed by atoms with van der Waals surface area (Å²) in [6, 6.07) is 5.43. The van der Waals surface area contributed by atoms with Crippen LogP contribution in [0.15, 0.2) is 23.1 Å². The number of nitrogens with two attached hydrogens (primary N) is 1. The second-order valence-corrected chi connectivity index (χ2v) is 7.01. The van der Waals surface area contributed by atoms with E-state index in [1.165, 1.54) is 11.8 Å². The summed E-state index contributed by atoms with van der Waals surface area (Å²) < 4.78 is 0. The summed E-state index contributed by atoms with van der Waals surface area (Å²) in [4.78, 5) is 27.0. The molecule has 2 heterocycles. The van der Waals surface area contributed by atoms with Crippen LogP contribution < -0.4 is 11.1 Å². The first-order valence-corrected chi connectivity index (χ1v) is 8.09. The fraction of sp³-hybridized carbons (Fsp3) is 0.429. The van der Waals surface area contributed by atoms with Crippen molar-refractivity contribution in [2.24, 2.45) is 5.73 Å². The van der Waals surface area contributed by atoms with Crippen LogP contribution in [0, 0.1) is 0 Å². The van der Waals surface area contributed by atoms with Gasteiger partial charge in [-0.05, 0) is 24.6 Å². The van der Waals surface area contributed by atoms with Crippen molar-refractivity contribution in [1.29, 1.82) is 0 Å². The molecule has 1 fully saturated rings. The smallest absolute Gasteiger partial charge is 0.238 e. The van der Waals surface area contributed by atoms with Crippen LogP contribution in [-0.2, 0) is 9.59 Å². The van der Waals surface area contributed by atoms with Crippen LogP contribution in [0.1, 0.15) is 12.8 Å². The lowest BCUT2D eigenvalue weighted by molar-refractivity contribution is -0.131. The van der Waals surface area contributed by atoms with Gasteiger partial charge < -0.3 is 16.0 Å². The topological polar surface area (TPSA) is 75.4 Å². The van der Waals surface area contributed by atoms with E-state index < -0.39 is 5.25 Å². The lowest BCUT2D eigenvalue weighted by atomic mass is 10.2. The molecule has 0 bridgehead atoms.